The second-order valence-corrected chi connectivity index (χ2v) is 9.12. The first-order chi connectivity index (χ1) is 11.2. The molecule has 1 aromatic carbocycles. The van der Waals surface area contributed by atoms with Gasteiger partial charge in [0, 0.05) is 30.7 Å². The molecule has 0 N–H and O–H groups in total. The van der Waals surface area contributed by atoms with E-state index in [2.05, 4.69) is 46.0 Å². The predicted molar refractivity (Wildman–Crippen MR) is 99.1 cm³/mol. The maximum atomic E-state index is 12.5. The van der Waals surface area contributed by atoms with Crippen molar-refractivity contribution >= 4 is 22.0 Å². The van der Waals surface area contributed by atoms with E-state index < -0.39 is 5.60 Å². The summed E-state index contributed by atoms with van der Waals surface area (Å²) in [6.45, 7) is 11.4. The number of carbonyl (C=O) groups is 1. The lowest BCUT2D eigenvalue weighted by Crippen LogP contribution is -2.57. The summed E-state index contributed by atoms with van der Waals surface area (Å²) in [4.78, 5) is 16.9. The van der Waals surface area contributed by atoms with Crippen LogP contribution in [0.15, 0.2) is 22.7 Å². The Bertz CT molecular complexity index is 614. The Kier molecular flexibility index (Phi) is 4.69. The van der Waals surface area contributed by atoms with Crippen LogP contribution < -0.4 is 0 Å². The number of amides is 1. The van der Waals surface area contributed by atoms with Gasteiger partial charge in [0.25, 0.3) is 0 Å². The van der Waals surface area contributed by atoms with Crippen LogP contribution >= 0.6 is 15.9 Å². The van der Waals surface area contributed by atoms with E-state index in [1.165, 1.54) is 11.1 Å². The largest absolute Gasteiger partial charge is 0.444 e. The molecule has 5 heteroatoms. The third-order valence-corrected chi connectivity index (χ3v) is 5.14. The van der Waals surface area contributed by atoms with Crippen molar-refractivity contribution in [2.45, 2.75) is 58.2 Å². The predicted octanol–water partition coefficient (Wildman–Crippen LogP) is 4.34. The molecule has 1 heterocycles. The summed E-state index contributed by atoms with van der Waals surface area (Å²) in [7, 11) is 0. The summed E-state index contributed by atoms with van der Waals surface area (Å²) < 4.78 is 6.73. The molecule has 1 amide bonds. The van der Waals surface area contributed by atoms with E-state index in [9.17, 15) is 4.79 Å². The van der Waals surface area contributed by atoms with Gasteiger partial charge in [0.15, 0.2) is 0 Å². The Balaban J connectivity index is 1.65. The van der Waals surface area contributed by atoms with E-state index in [-0.39, 0.29) is 11.6 Å². The van der Waals surface area contributed by atoms with E-state index in [1.807, 2.05) is 25.7 Å². The lowest BCUT2D eigenvalue weighted by Gasteiger charge is -2.42. The van der Waals surface area contributed by atoms with Crippen LogP contribution in [0.4, 0.5) is 4.79 Å². The molecule has 0 unspecified atom stereocenters. The van der Waals surface area contributed by atoms with Crippen LogP contribution in [0.3, 0.4) is 0 Å². The van der Waals surface area contributed by atoms with Crippen LogP contribution in [-0.4, -0.2) is 46.7 Å². The fraction of sp³-hybridized carbons (Fsp3) is 0.632. The van der Waals surface area contributed by atoms with Crippen molar-refractivity contribution in [1.82, 2.24) is 9.80 Å². The molecule has 1 aromatic rings. The number of aryl methyl sites for hydroxylation is 1. The zero-order valence-electron chi connectivity index (χ0n) is 15.1. The molecule has 1 saturated heterocycles. The Hall–Kier alpha value is -1.07. The number of hydrogen-bond acceptors (Lipinski definition) is 3. The van der Waals surface area contributed by atoms with Gasteiger partial charge in [0.2, 0.25) is 0 Å². The molecule has 24 heavy (non-hydrogen) atoms. The van der Waals surface area contributed by atoms with Crippen molar-refractivity contribution in [3.63, 3.8) is 0 Å². The zero-order valence-corrected chi connectivity index (χ0v) is 16.6. The molecule has 0 bridgehead atoms. The molecule has 1 saturated carbocycles. The van der Waals surface area contributed by atoms with Crippen molar-refractivity contribution in [3.05, 3.63) is 33.8 Å². The van der Waals surface area contributed by atoms with Gasteiger partial charge in [-0.05, 0) is 63.8 Å². The Morgan fingerprint density at radius 2 is 1.96 bits per heavy atom. The lowest BCUT2D eigenvalue weighted by molar-refractivity contribution is -0.00808. The van der Waals surface area contributed by atoms with E-state index in [0.717, 1.165) is 43.5 Å². The van der Waals surface area contributed by atoms with Gasteiger partial charge in [-0.1, -0.05) is 22.0 Å². The topological polar surface area (TPSA) is 32.8 Å². The second-order valence-electron chi connectivity index (χ2n) is 8.20. The van der Waals surface area contributed by atoms with Gasteiger partial charge in [-0.25, -0.2) is 4.79 Å². The lowest BCUT2D eigenvalue weighted by atomic mass is 10.1. The summed E-state index contributed by atoms with van der Waals surface area (Å²) >= 11 is 3.58. The first kappa shape index (κ1) is 17.7. The van der Waals surface area contributed by atoms with E-state index in [4.69, 9.17) is 4.74 Å². The van der Waals surface area contributed by atoms with Crippen molar-refractivity contribution in [1.29, 1.82) is 0 Å². The summed E-state index contributed by atoms with van der Waals surface area (Å²) in [5.41, 5.74) is 2.16. The number of rotatable bonds is 2. The number of halogens is 1. The highest BCUT2D eigenvalue weighted by atomic mass is 79.9. The average Bonchev–Trinajstić information content (AvgIpc) is 3.15. The van der Waals surface area contributed by atoms with Crippen molar-refractivity contribution in [2.75, 3.05) is 19.6 Å². The molecular weight excluding hydrogens is 368 g/mol. The summed E-state index contributed by atoms with van der Waals surface area (Å²) in [5, 5.41) is 0. The van der Waals surface area contributed by atoms with Gasteiger partial charge in [0.05, 0.1) is 5.54 Å². The monoisotopic (exact) mass is 394 g/mol. The van der Waals surface area contributed by atoms with Gasteiger partial charge in [-0.2, -0.15) is 0 Å². The van der Waals surface area contributed by atoms with Gasteiger partial charge in [-0.3, -0.25) is 9.80 Å². The number of piperazine rings is 1. The smallest absolute Gasteiger partial charge is 0.410 e. The van der Waals surface area contributed by atoms with E-state index >= 15 is 0 Å². The molecule has 0 aromatic heterocycles. The fourth-order valence-electron chi connectivity index (χ4n) is 3.53. The van der Waals surface area contributed by atoms with Gasteiger partial charge < -0.3 is 4.74 Å². The van der Waals surface area contributed by atoms with Gasteiger partial charge >= 0.3 is 6.09 Å². The SMILES string of the molecule is Cc1cc(Br)cc(CN2CCN(C(=O)OC(C)(C)C)C3(CC3)C2)c1. The molecule has 2 aliphatic rings. The normalized spacial score (nSPS) is 20.3. The molecule has 1 aliphatic heterocycles. The van der Waals surface area contributed by atoms with Crippen LogP contribution in [0.2, 0.25) is 0 Å². The maximum Gasteiger partial charge on any atom is 0.410 e. The fourth-order valence-corrected chi connectivity index (χ4v) is 4.19. The van der Waals surface area contributed by atoms with Crippen LogP contribution in [-0.2, 0) is 11.3 Å². The Labute approximate surface area is 153 Å². The van der Waals surface area contributed by atoms with Crippen molar-refractivity contribution < 1.29 is 9.53 Å². The number of hydrogen-bond donors (Lipinski definition) is 0. The third kappa shape index (κ3) is 4.12. The molecule has 2 fully saturated rings. The maximum absolute atomic E-state index is 12.5. The van der Waals surface area contributed by atoms with Gasteiger partial charge in [-0.15, -0.1) is 0 Å². The number of nitrogens with zero attached hydrogens (tertiary/aromatic N) is 2. The second kappa shape index (κ2) is 6.34. The standard InChI is InChI=1S/C19H27BrN2O2/c1-14-9-15(11-16(20)10-14)12-21-7-8-22(19(13-21)5-6-19)17(23)24-18(2,3)4/h9-11H,5-8,12-13H2,1-4H3. The third-order valence-electron chi connectivity index (χ3n) is 4.68. The Morgan fingerprint density at radius 1 is 1.25 bits per heavy atom. The van der Waals surface area contributed by atoms with Crippen molar-refractivity contribution in [2.24, 2.45) is 0 Å². The molecule has 132 valence electrons. The quantitative estimate of drug-likeness (QED) is 0.747. The van der Waals surface area contributed by atoms with E-state index in [0.29, 0.717) is 0 Å². The van der Waals surface area contributed by atoms with Crippen LogP contribution in [0.5, 0.6) is 0 Å². The van der Waals surface area contributed by atoms with Crippen LogP contribution in [0.1, 0.15) is 44.7 Å². The van der Waals surface area contributed by atoms with Gasteiger partial charge in [0.1, 0.15) is 5.60 Å². The summed E-state index contributed by atoms with van der Waals surface area (Å²) in [5.74, 6) is 0. The van der Waals surface area contributed by atoms with Crippen molar-refractivity contribution in [3.8, 4) is 0 Å². The molecule has 1 spiro atoms. The minimum absolute atomic E-state index is 0.00163. The summed E-state index contributed by atoms with van der Waals surface area (Å²) in [6.07, 6.45) is 2.01. The number of benzene rings is 1. The highest BCUT2D eigenvalue weighted by molar-refractivity contribution is 9.10. The first-order valence-corrected chi connectivity index (χ1v) is 9.45. The highest BCUT2D eigenvalue weighted by Crippen LogP contribution is 2.45. The molecule has 0 radical (unpaired) electrons. The molecule has 3 rings (SSSR count). The van der Waals surface area contributed by atoms with Crippen LogP contribution in [0.25, 0.3) is 0 Å². The minimum atomic E-state index is -0.432. The highest BCUT2D eigenvalue weighted by Gasteiger charge is 2.54. The molecule has 1 aliphatic carbocycles. The molecule has 0 atom stereocenters. The zero-order chi connectivity index (χ0) is 17.5. The average molecular weight is 395 g/mol. The first-order valence-electron chi connectivity index (χ1n) is 8.66. The number of carbonyl (C=O) groups excluding carboxylic acids is 1. The molecular formula is C19H27BrN2O2. The Morgan fingerprint density at radius 3 is 2.54 bits per heavy atom. The van der Waals surface area contributed by atoms with E-state index in [1.54, 1.807) is 0 Å². The number of ether oxygens (including phenoxy) is 1. The molecule has 4 nitrogen and oxygen atoms in total. The van der Waals surface area contributed by atoms with Crippen LogP contribution in [0, 0.1) is 6.92 Å². The summed E-state index contributed by atoms with van der Waals surface area (Å²) in [6, 6.07) is 6.56. The minimum Gasteiger partial charge on any atom is -0.444 e.